The summed E-state index contributed by atoms with van der Waals surface area (Å²) in [6.07, 6.45) is 3.64. The number of benzene rings is 1. The Morgan fingerprint density at radius 3 is 2.53 bits per heavy atom. The van der Waals surface area contributed by atoms with Crippen LogP contribution in [0.2, 0.25) is 0 Å². The lowest BCUT2D eigenvalue weighted by atomic mass is 10.1. The van der Waals surface area contributed by atoms with Crippen molar-refractivity contribution in [2.75, 3.05) is 18.0 Å². The Morgan fingerprint density at radius 1 is 1.00 bits per heavy atom. The van der Waals surface area contributed by atoms with Crippen LogP contribution in [0.5, 0.6) is 0 Å². The number of thioether (sulfide) groups is 1. The van der Waals surface area contributed by atoms with Crippen LogP contribution in [0.15, 0.2) is 80.5 Å². The highest BCUT2D eigenvalue weighted by atomic mass is 32.2. The molecule has 0 atom stereocenters. The van der Waals surface area contributed by atoms with E-state index in [2.05, 4.69) is 30.0 Å². The van der Waals surface area contributed by atoms with E-state index in [1.54, 1.807) is 24.0 Å². The first-order valence-corrected chi connectivity index (χ1v) is 12.3. The summed E-state index contributed by atoms with van der Waals surface area (Å²) >= 11 is 2.85. The summed E-state index contributed by atoms with van der Waals surface area (Å²) in [5.74, 6) is 0.445. The van der Waals surface area contributed by atoms with Crippen LogP contribution in [-0.4, -0.2) is 48.4 Å². The summed E-state index contributed by atoms with van der Waals surface area (Å²) < 4.78 is 5.72. The molecule has 34 heavy (non-hydrogen) atoms. The van der Waals surface area contributed by atoms with E-state index in [1.807, 2.05) is 48.5 Å². The van der Waals surface area contributed by atoms with E-state index < -0.39 is 10.9 Å². The maximum absolute atomic E-state index is 11.5. The molecule has 0 radical (unpaired) electrons. The second-order valence-corrected chi connectivity index (χ2v) is 9.73. The van der Waals surface area contributed by atoms with Gasteiger partial charge in [-0.15, -0.1) is 22.0 Å². The molecule has 1 aliphatic rings. The number of hydrogen-bond donors (Lipinski definition) is 0. The second-order valence-electron chi connectivity index (χ2n) is 7.43. The minimum atomic E-state index is -0.583. The summed E-state index contributed by atoms with van der Waals surface area (Å²) in [7, 11) is 0. The van der Waals surface area contributed by atoms with E-state index in [9.17, 15) is 10.1 Å². The van der Waals surface area contributed by atoms with Gasteiger partial charge in [0.05, 0.1) is 5.03 Å². The van der Waals surface area contributed by atoms with Crippen LogP contribution in [0.3, 0.4) is 0 Å². The molecule has 0 N–H and O–H groups in total. The second kappa shape index (κ2) is 10.2. The van der Waals surface area contributed by atoms with E-state index >= 15 is 0 Å². The first kappa shape index (κ1) is 22.3. The summed E-state index contributed by atoms with van der Waals surface area (Å²) in [5.41, 5.74) is 0.794. The Balaban J connectivity index is 1.30. The molecule has 0 bridgehead atoms. The number of nitro groups is 1. The van der Waals surface area contributed by atoms with Gasteiger partial charge in [0, 0.05) is 47.9 Å². The quantitative estimate of drug-likeness (QED) is 0.201. The van der Waals surface area contributed by atoms with Gasteiger partial charge in [0.2, 0.25) is 11.7 Å². The molecule has 0 unspecified atom stereocenters. The largest absolute Gasteiger partial charge is 0.471 e. The van der Waals surface area contributed by atoms with E-state index in [-0.39, 0.29) is 5.22 Å². The Kier molecular flexibility index (Phi) is 6.67. The van der Waals surface area contributed by atoms with E-state index in [0.717, 1.165) is 48.3 Å². The van der Waals surface area contributed by atoms with Gasteiger partial charge in [0.1, 0.15) is 0 Å². The summed E-state index contributed by atoms with van der Waals surface area (Å²) in [6.45, 7) is 1.48. The van der Waals surface area contributed by atoms with Crippen molar-refractivity contribution < 1.29 is 9.34 Å². The van der Waals surface area contributed by atoms with Crippen LogP contribution in [0, 0.1) is 10.1 Å². The lowest BCUT2D eigenvalue weighted by Gasteiger charge is -2.31. The van der Waals surface area contributed by atoms with Crippen molar-refractivity contribution in [3.63, 3.8) is 0 Å². The molecule has 3 aromatic heterocycles. The summed E-state index contributed by atoms with van der Waals surface area (Å²) in [6, 6.07) is 17.0. The van der Waals surface area contributed by atoms with Gasteiger partial charge in [-0.2, -0.15) is 0 Å². The normalized spacial score (nSPS) is 14.3. The molecule has 5 rings (SSSR count). The Bertz CT molecular complexity index is 1270. The zero-order valence-electron chi connectivity index (χ0n) is 17.9. The van der Waals surface area contributed by atoms with Crippen molar-refractivity contribution >= 4 is 35.3 Å². The Hall–Kier alpha value is -3.51. The van der Waals surface area contributed by atoms with Gasteiger partial charge in [0.25, 0.3) is 5.22 Å². The number of piperidine rings is 1. The van der Waals surface area contributed by atoms with E-state index in [1.165, 1.54) is 0 Å². The van der Waals surface area contributed by atoms with Crippen molar-refractivity contribution in [1.29, 1.82) is 0 Å². The van der Waals surface area contributed by atoms with Crippen molar-refractivity contribution in [2.45, 2.75) is 33.4 Å². The number of pyridine rings is 1. The van der Waals surface area contributed by atoms with E-state index in [0.29, 0.717) is 22.0 Å². The molecule has 12 heteroatoms. The minimum absolute atomic E-state index is 0.253. The third-order valence-electron chi connectivity index (χ3n) is 5.15. The molecule has 1 aromatic carbocycles. The Morgan fingerprint density at radius 2 is 1.79 bits per heavy atom. The van der Waals surface area contributed by atoms with Crippen LogP contribution < -0.4 is 4.90 Å². The average Bonchev–Trinajstić information content (AvgIpc) is 3.34. The molecule has 0 spiro atoms. The third kappa shape index (κ3) is 5.34. The molecule has 10 nitrogen and oxygen atoms in total. The van der Waals surface area contributed by atoms with Crippen LogP contribution in [0.4, 0.5) is 11.8 Å². The summed E-state index contributed by atoms with van der Waals surface area (Å²) in [5, 5.41) is 21.7. The van der Waals surface area contributed by atoms with Crippen LogP contribution >= 0.6 is 23.5 Å². The summed E-state index contributed by atoms with van der Waals surface area (Å²) in [4.78, 5) is 25.6. The first-order chi connectivity index (χ1) is 16.6. The van der Waals surface area contributed by atoms with Gasteiger partial charge >= 0.3 is 5.95 Å². The highest BCUT2D eigenvalue weighted by molar-refractivity contribution is 7.99. The number of hydrogen-bond acceptors (Lipinski definition) is 11. The number of nitrogens with zero attached hydrogens (tertiary/aromatic N) is 7. The fourth-order valence-corrected chi connectivity index (χ4v) is 5.26. The highest BCUT2D eigenvalue weighted by Crippen LogP contribution is 2.33. The zero-order chi connectivity index (χ0) is 23.3. The first-order valence-electron chi connectivity index (χ1n) is 10.6. The van der Waals surface area contributed by atoms with Gasteiger partial charge in [-0.05, 0) is 47.0 Å². The lowest BCUT2D eigenvalue weighted by molar-refractivity contribution is -0.394. The van der Waals surface area contributed by atoms with Crippen LogP contribution in [0.25, 0.3) is 11.5 Å². The van der Waals surface area contributed by atoms with Crippen molar-refractivity contribution in [3.8, 4) is 11.5 Å². The number of anilines is 1. The van der Waals surface area contributed by atoms with Gasteiger partial charge < -0.3 is 19.4 Å². The molecule has 4 heterocycles. The zero-order valence-corrected chi connectivity index (χ0v) is 19.5. The number of aromatic nitrogens is 5. The van der Waals surface area contributed by atoms with E-state index in [4.69, 9.17) is 4.42 Å². The molecule has 172 valence electrons. The van der Waals surface area contributed by atoms with Crippen molar-refractivity contribution in [1.82, 2.24) is 25.1 Å². The molecular formula is C22H19N7O3S2. The fourth-order valence-electron chi connectivity index (χ4n) is 3.53. The smallest absolute Gasteiger partial charge is 0.411 e. The highest BCUT2D eigenvalue weighted by Gasteiger charge is 2.26. The van der Waals surface area contributed by atoms with Gasteiger partial charge in [-0.25, -0.2) is 4.98 Å². The Labute approximate surface area is 203 Å². The monoisotopic (exact) mass is 493 g/mol. The van der Waals surface area contributed by atoms with Gasteiger partial charge in [-0.3, -0.25) is 0 Å². The third-order valence-corrected chi connectivity index (χ3v) is 7.20. The molecule has 4 aromatic rings. The van der Waals surface area contributed by atoms with Crippen molar-refractivity contribution in [3.05, 3.63) is 70.9 Å². The molecule has 1 saturated heterocycles. The standard InChI is InChI=1S/C22H19N7O3S2/c30-29(31)21-24-17(28-12-9-16(10-13-28)33-18-8-4-5-11-23-18)14-19(25-21)34-22-27-26-20(32-22)15-6-2-1-3-7-15/h1-8,11,14,16H,9-10,12-13H2. The molecule has 0 aliphatic carbocycles. The van der Waals surface area contributed by atoms with Gasteiger partial charge in [0.15, 0.2) is 5.03 Å². The molecule has 1 aliphatic heterocycles. The lowest BCUT2D eigenvalue weighted by Crippen LogP contribution is -2.35. The SMILES string of the molecule is O=[N+]([O-])c1nc(Sc2nnc(-c3ccccc3)o2)cc(N2CCC(Sc3ccccn3)CC2)n1. The fraction of sp³-hybridized carbons (Fsp3) is 0.227. The molecule has 0 saturated carbocycles. The molecular weight excluding hydrogens is 474 g/mol. The maximum atomic E-state index is 11.5. The predicted molar refractivity (Wildman–Crippen MR) is 128 cm³/mol. The number of rotatable bonds is 7. The van der Waals surface area contributed by atoms with Crippen molar-refractivity contribution in [2.24, 2.45) is 0 Å². The molecule has 0 amide bonds. The van der Waals surface area contributed by atoms with Crippen LogP contribution in [0.1, 0.15) is 12.8 Å². The molecule has 1 fully saturated rings. The van der Waals surface area contributed by atoms with Crippen LogP contribution in [-0.2, 0) is 0 Å². The average molecular weight is 494 g/mol. The minimum Gasteiger partial charge on any atom is -0.411 e. The van der Waals surface area contributed by atoms with Gasteiger partial charge in [-0.1, -0.05) is 29.2 Å². The predicted octanol–water partition coefficient (Wildman–Crippen LogP) is 4.74. The topological polar surface area (TPSA) is 124 Å². The maximum Gasteiger partial charge on any atom is 0.471 e.